The van der Waals surface area contributed by atoms with E-state index in [4.69, 9.17) is 4.42 Å². The van der Waals surface area contributed by atoms with Crippen molar-refractivity contribution >= 4 is 0 Å². The number of hydrogen-bond acceptors (Lipinski definition) is 3. The first-order chi connectivity index (χ1) is 6.66. The van der Waals surface area contributed by atoms with Gasteiger partial charge in [-0.3, -0.25) is 5.01 Å². The maximum Gasteiger partial charge on any atom is 0.119 e. The van der Waals surface area contributed by atoms with Crippen molar-refractivity contribution in [2.24, 2.45) is 5.92 Å². The van der Waals surface area contributed by atoms with Gasteiger partial charge in [-0.05, 0) is 24.5 Å². The number of nitrogens with zero attached hydrogens (tertiary/aromatic N) is 1. The van der Waals surface area contributed by atoms with Crippen LogP contribution in [0.1, 0.15) is 30.8 Å². The zero-order chi connectivity index (χ0) is 10.1. The molecule has 2 unspecified atom stereocenters. The lowest BCUT2D eigenvalue weighted by molar-refractivity contribution is 0.269. The molecule has 2 rings (SSSR count). The van der Waals surface area contributed by atoms with E-state index in [1.165, 1.54) is 6.42 Å². The highest BCUT2D eigenvalue weighted by Gasteiger charge is 2.36. The molecule has 1 N–H and O–H groups in total. The fraction of sp³-hybridized carbons (Fsp3) is 0.636. The molecule has 0 saturated heterocycles. The average molecular weight is 194 g/mol. The zero-order valence-corrected chi connectivity index (χ0v) is 9.08. The second kappa shape index (κ2) is 3.75. The van der Waals surface area contributed by atoms with Gasteiger partial charge >= 0.3 is 0 Å². The molecular formula is C11H18N2O. The van der Waals surface area contributed by atoms with Gasteiger partial charge in [0.15, 0.2) is 0 Å². The molecule has 3 heteroatoms. The summed E-state index contributed by atoms with van der Waals surface area (Å²) in [6.07, 6.45) is 1.29. The smallest absolute Gasteiger partial charge is 0.119 e. The second-order valence-corrected chi connectivity index (χ2v) is 4.35. The minimum atomic E-state index is 0.683. The monoisotopic (exact) mass is 194 g/mol. The molecule has 0 radical (unpaired) electrons. The molecule has 78 valence electrons. The van der Waals surface area contributed by atoms with Crippen molar-refractivity contribution in [1.29, 1.82) is 0 Å². The van der Waals surface area contributed by atoms with Gasteiger partial charge < -0.3 is 4.42 Å². The van der Waals surface area contributed by atoms with Crippen LogP contribution < -0.4 is 5.43 Å². The summed E-state index contributed by atoms with van der Waals surface area (Å²) >= 11 is 0. The molecule has 1 aliphatic rings. The number of hydrazine groups is 1. The Kier molecular flexibility index (Phi) is 2.61. The summed E-state index contributed by atoms with van der Waals surface area (Å²) < 4.78 is 5.74. The Balaban J connectivity index is 1.90. The van der Waals surface area contributed by atoms with Crippen molar-refractivity contribution in [3.05, 3.63) is 23.7 Å². The summed E-state index contributed by atoms with van der Waals surface area (Å²) in [4.78, 5) is 0. The standard InChI is InChI=1S/C11H18N2O/c1-8-6-10(8)11-5-4-9(14-11)7-12-13(2)3/h4-5,8,10,12H,6-7H2,1-3H3. The minimum absolute atomic E-state index is 0.683. The predicted octanol–water partition coefficient (Wildman–Crippen LogP) is 1.97. The highest BCUT2D eigenvalue weighted by molar-refractivity contribution is 5.17. The van der Waals surface area contributed by atoms with Crippen LogP contribution in [0, 0.1) is 5.92 Å². The van der Waals surface area contributed by atoms with E-state index in [0.29, 0.717) is 5.92 Å². The largest absolute Gasteiger partial charge is 0.464 e. The predicted molar refractivity (Wildman–Crippen MR) is 55.8 cm³/mol. The normalized spacial score (nSPS) is 25.7. The quantitative estimate of drug-likeness (QED) is 0.743. The third-order valence-electron chi connectivity index (χ3n) is 2.73. The van der Waals surface area contributed by atoms with E-state index in [2.05, 4.69) is 24.5 Å². The molecule has 0 aliphatic heterocycles. The molecule has 1 heterocycles. The Labute approximate surface area is 85.1 Å². The van der Waals surface area contributed by atoms with E-state index in [-0.39, 0.29) is 0 Å². The van der Waals surface area contributed by atoms with E-state index < -0.39 is 0 Å². The van der Waals surface area contributed by atoms with Crippen molar-refractivity contribution in [2.75, 3.05) is 14.1 Å². The van der Waals surface area contributed by atoms with Crippen LogP contribution in [0.4, 0.5) is 0 Å². The maximum absolute atomic E-state index is 5.74. The van der Waals surface area contributed by atoms with Gasteiger partial charge in [0.05, 0.1) is 6.54 Å². The maximum atomic E-state index is 5.74. The lowest BCUT2D eigenvalue weighted by Gasteiger charge is -2.09. The molecule has 3 nitrogen and oxygen atoms in total. The summed E-state index contributed by atoms with van der Waals surface area (Å²) in [6, 6.07) is 4.18. The Bertz CT molecular complexity index is 306. The number of rotatable bonds is 4. The van der Waals surface area contributed by atoms with Crippen molar-refractivity contribution < 1.29 is 4.42 Å². The summed E-state index contributed by atoms with van der Waals surface area (Å²) in [5.74, 6) is 3.68. The first-order valence-corrected chi connectivity index (χ1v) is 5.16. The molecule has 0 amide bonds. The van der Waals surface area contributed by atoms with Crippen LogP contribution in [0.5, 0.6) is 0 Å². The molecule has 0 aromatic carbocycles. The SMILES string of the molecule is CC1CC1c1ccc(CNN(C)C)o1. The van der Waals surface area contributed by atoms with Gasteiger partial charge in [0.1, 0.15) is 11.5 Å². The minimum Gasteiger partial charge on any atom is -0.464 e. The van der Waals surface area contributed by atoms with Crippen LogP contribution >= 0.6 is 0 Å². The van der Waals surface area contributed by atoms with Gasteiger partial charge in [-0.2, -0.15) is 0 Å². The fourth-order valence-electron chi connectivity index (χ4n) is 1.64. The molecule has 1 fully saturated rings. The molecule has 2 atom stereocenters. The molecule has 14 heavy (non-hydrogen) atoms. The van der Waals surface area contributed by atoms with Crippen LogP contribution in [-0.2, 0) is 6.54 Å². The Morgan fingerprint density at radius 1 is 1.50 bits per heavy atom. The van der Waals surface area contributed by atoms with Gasteiger partial charge in [0, 0.05) is 20.0 Å². The van der Waals surface area contributed by atoms with Gasteiger partial charge in [0.25, 0.3) is 0 Å². The fourth-order valence-corrected chi connectivity index (χ4v) is 1.64. The van der Waals surface area contributed by atoms with E-state index in [9.17, 15) is 0 Å². The first-order valence-electron chi connectivity index (χ1n) is 5.16. The summed E-state index contributed by atoms with van der Waals surface area (Å²) in [6.45, 7) is 3.04. The molecule has 0 bridgehead atoms. The van der Waals surface area contributed by atoms with Crippen molar-refractivity contribution in [2.45, 2.75) is 25.8 Å². The van der Waals surface area contributed by atoms with Crippen LogP contribution in [0.3, 0.4) is 0 Å². The lowest BCUT2D eigenvalue weighted by Crippen LogP contribution is -2.29. The number of hydrogen-bond donors (Lipinski definition) is 1. The molecule has 0 spiro atoms. The summed E-state index contributed by atoms with van der Waals surface area (Å²) in [5.41, 5.74) is 3.19. The summed E-state index contributed by atoms with van der Waals surface area (Å²) in [5, 5.41) is 1.93. The second-order valence-electron chi connectivity index (χ2n) is 4.35. The molecule has 1 aromatic rings. The average Bonchev–Trinajstić information content (AvgIpc) is 2.68. The highest BCUT2D eigenvalue weighted by atomic mass is 16.3. The van der Waals surface area contributed by atoms with Gasteiger partial charge in [-0.25, -0.2) is 5.43 Å². The van der Waals surface area contributed by atoms with Crippen molar-refractivity contribution in [3.63, 3.8) is 0 Å². The van der Waals surface area contributed by atoms with Gasteiger partial charge in [-0.1, -0.05) is 6.92 Å². The van der Waals surface area contributed by atoms with Gasteiger partial charge in [-0.15, -0.1) is 0 Å². The van der Waals surface area contributed by atoms with E-state index in [1.807, 2.05) is 19.1 Å². The van der Waals surface area contributed by atoms with Crippen molar-refractivity contribution in [1.82, 2.24) is 10.4 Å². The molecule has 1 saturated carbocycles. The van der Waals surface area contributed by atoms with E-state index in [0.717, 1.165) is 24.0 Å². The Hall–Kier alpha value is -0.800. The third-order valence-corrected chi connectivity index (χ3v) is 2.73. The van der Waals surface area contributed by atoms with Crippen LogP contribution in [0.15, 0.2) is 16.5 Å². The highest BCUT2D eigenvalue weighted by Crippen LogP contribution is 2.47. The molecular weight excluding hydrogens is 176 g/mol. The zero-order valence-electron chi connectivity index (χ0n) is 9.08. The Morgan fingerprint density at radius 3 is 2.79 bits per heavy atom. The van der Waals surface area contributed by atoms with Gasteiger partial charge in [0.2, 0.25) is 0 Å². The van der Waals surface area contributed by atoms with Crippen molar-refractivity contribution in [3.8, 4) is 0 Å². The lowest BCUT2D eigenvalue weighted by atomic mass is 10.3. The van der Waals surface area contributed by atoms with Crippen LogP contribution in [-0.4, -0.2) is 19.1 Å². The van der Waals surface area contributed by atoms with E-state index in [1.54, 1.807) is 0 Å². The van der Waals surface area contributed by atoms with Crippen LogP contribution in [0.2, 0.25) is 0 Å². The number of nitrogens with one attached hydrogen (secondary N) is 1. The molecule has 1 aliphatic carbocycles. The summed E-state index contributed by atoms with van der Waals surface area (Å²) in [7, 11) is 3.96. The first kappa shape index (κ1) is 9.74. The number of furan rings is 1. The van der Waals surface area contributed by atoms with E-state index >= 15 is 0 Å². The molecule has 1 aromatic heterocycles. The Morgan fingerprint density at radius 2 is 2.21 bits per heavy atom. The topological polar surface area (TPSA) is 28.4 Å². The third kappa shape index (κ3) is 2.16. The van der Waals surface area contributed by atoms with Crippen LogP contribution in [0.25, 0.3) is 0 Å².